The predicted octanol–water partition coefficient (Wildman–Crippen LogP) is 2.23. The molecule has 1 heterocycles. The summed E-state index contributed by atoms with van der Waals surface area (Å²) in [6.45, 7) is 16.1. The van der Waals surface area contributed by atoms with Crippen LogP contribution >= 0.6 is 0 Å². The van der Waals surface area contributed by atoms with Gasteiger partial charge in [-0.25, -0.2) is 0 Å². The van der Waals surface area contributed by atoms with E-state index < -0.39 is 0 Å². The molecule has 2 atom stereocenters. The first-order chi connectivity index (χ1) is 6.47. The zero-order valence-corrected chi connectivity index (χ0v) is 9.49. The second kappa shape index (κ2) is 4.28. The van der Waals surface area contributed by atoms with Gasteiger partial charge in [0.15, 0.2) is 0 Å². The average molecular weight is 195 g/mol. The molecule has 1 aliphatic heterocycles. The third-order valence-corrected chi connectivity index (χ3v) is 2.62. The Morgan fingerprint density at radius 3 is 1.86 bits per heavy atom. The third kappa shape index (κ3) is 2.69. The van der Waals surface area contributed by atoms with Crippen LogP contribution in [-0.2, 0) is 4.74 Å². The van der Waals surface area contributed by atoms with E-state index in [4.69, 9.17) is 4.74 Å². The molecule has 0 aromatic heterocycles. The van der Waals surface area contributed by atoms with E-state index in [1.54, 1.807) is 0 Å². The molecule has 0 unspecified atom stereocenters. The molecule has 1 fully saturated rings. The Balaban J connectivity index is 2.69. The van der Waals surface area contributed by atoms with Crippen LogP contribution in [0.15, 0.2) is 25.3 Å². The molecule has 2 heteroatoms. The van der Waals surface area contributed by atoms with Crippen LogP contribution in [-0.4, -0.2) is 35.7 Å². The van der Waals surface area contributed by atoms with Crippen molar-refractivity contribution in [3.63, 3.8) is 0 Å². The van der Waals surface area contributed by atoms with Crippen LogP contribution in [0.3, 0.4) is 0 Å². The molecule has 0 bridgehead atoms. The van der Waals surface area contributed by atoms with Crippen molar-refractivity contribution in [3.05, 3.63) is 25.3 Å². The molecule has 2 nitrogen and oxygen atoms in total. The number of morpholine rings is 1. The lowest BCUT2D eigenvalue weighted by Gasteiger charge is -2.43. The Morgan fingerprint density at radius 2 is 1.57 bits per heavy atom. The first-order valence-corrected chi connectivity index (χ1v) is 5.13. The van der Waals surface area contributed by atoms with Crippen molar-refractivity contribution in [2.24, 2.45) is 0 Å². The van der Waals surface area contributed by atoms with Gasteiger partial charge in [0.1, 0.15) is 0 Å². The van der Waals surface area contributed by atoms with Crippen LogP contribution in [0.1, 0.15) is 20.8 Å². The fraction of sp³-hybridized carbons (Fsp3) is 0.667. The Bertz CT molecular complexity index is 201. The fourth-order valence-corrected chi connectivity index (χ4v) is 1.63. The minimum atomic E-state index is 0.131. The van der Waals surface area contributed by atoms with Crippen molar-refractivity contribution in [2.45, 2.75) is 38.5 Å². The summed E-state index contributed by atoms with van der Waals surface area (Å²) in [6.07, 6.45) is 4.00. The molecule has 1 aliphatic rings. The molecule has 0 amide bonds. The van der Waals surface area contributed by atoms with Crippen molar-refractivity contribution >= 4 is 0 Å². The van der Waals surface area contributed by atoms with Gasteiger partial charge in [-0.15, -0.1) is 13.2 Å². The maximum absolute atomic E-state index is 5.73. The fourth-order valence-electron chi connectivity index (χ4n) is 1.63. The summed E-state index contributed by atoms with van der Waals surface area (Å²) in [4.78, 5) is 2.41. The molecular formula is C12H21NO. The maximum atomic E-state index is 5.73. The minimum absolute atomic E-state index is 0.131. The van der Waals surface area contributed by atoms with Gasteiger partial charge in [-0.1, -0.05) is 12.2 Å². The van der Waals surface area contributed by atoms with Crippen LogP contribution in [0.5, 0.6) is 0 Å². The lowest BCUT2D eigenvalue weighted by molar-refractivity contribution is -0.0692. The van der Waals surface area contributed by atoms with Crippen LogP contribution < -0.4 is 0 Å². The van der Waals surface area contributed by atoms with E-state index in [0.717, 1.165) is 13.1 Å². The first kappa shape index (κ1) is 11.5. The molecule has 0 N–H and O–H groups in total. The Kier molecular flexibility index (Phi) is 3.51. The van der Waals surface area contributed by atoms with Crippen molar-refractivity contribution in [1.82, 2.24) is 4.90 Å². The number of rotatable bonds is 2. The van der Waals surface area contributed by atoms with Crippen LogP contribution in [0.2, 0.25) is 0 Å². The van der Waals surface area contributed by atoms with Crippen LogP contribution in [0.25, 0.3) is 0 Å². The Labute approximate surface area is 87.2 Å². The summed E-state index contributed by atoms with van der Waals surface area (Å²) in [5, 5.41) is 0. The zero-order chi connectivity index (χ0) is 10.8. The number of hydrogen-bond acceptors (Lipinski definition) is 2. The second-order valence-electron chi connectivity index (χ2n) is 4.76. The summed E-state index contributed by atoms with van der Waals surface area (Å²) in [7, 11) is 0. The Morgan fingerprint density at radius 1 is 1.14 bits per heavy atom. The molecule has 0 saturated carbocycles. The smallest absolute Gasteiger partial charge is 0.0889 e. The lowest BCUT2D eigenvalue weighted by atomic mass is 10.0. The SMILES string of the molecule is C=C[C@@H]1CN(C(C)(C)C)C[C@H](C=C)O1. The standard InChI is InChI=1S/C12H21NO/c1-6-10-8-13(12(3,4)5)9-11(7-2)14-10/h6-7,10-11H,1-2,8-9H2,3-5H3/t10-,11+. The van der Waals surface area contributed by atoms with Gasteiger partial charge in [-0.05, 0) is 20.8 Å². The van der Waals surface area contributed by atoms with Gasteiger partial charge < -0.3 is 4.74 Å². The molecule has 1 rings (SSSR count). The maximum Gasteiger partial charge on any atom is 0.0889 e. The second-order valence-corrected chi connectivity index (χ2v) is 4.76. The van der Waals surface area contributed by atoms with E-state index in [-0.39, 0.29) is 17.7 Å². The largest absolute Gasteiger partial charge is 0.364 e. The van der Waals surface area contributed by atoms with E-state index in [2.05, 4.69) is 38.8 Å². The summed E-state index contributed by atoms with van der Waals surface area (Å²) in [5.41, 5.74) is 0.187. The minimum Gasteiger partial charge on any atom is -0.364 e. The van der Waals surface area contributed by atoms with Gasteiger partial charge >= 0.3 is 0 Å². The summed E-state index contributed by atoms with van der Waals surface area (Å²) >= 11 is 0. The normalized spacial score (nSPS) is 29.9. The molecule has 80 valence electrons. The molecule has 0 aromatic carbocycles. The topological polar surface area (TPSA) is 12.5 Å². The van der Waals surface area contributed by atoms with Crippen molar-refractivity contribution in [1.29, 1.82) is 0 Å². The summed E-state index contributed by atoms with van der Waals surface area (Å²) in [6, 6.07) is 0. The summed E-state index contributed by atoms with van der Waals surface area (Å²) in [5.74, 6) is 0. The highest BCUT2D eigenvalue weighted by Crippen LogP contribution is 2.21. The lowest BCUT2D eigenvalue weighted by Crippen LogP contribution is -2.53. The first-order valence-electron chi connectivity index (χ1n) is 5.13. The predicted molar refractivity (Wildman–Crippen MR) is 60.4 cm³/mol. The number of ether oxygens (including phenoxy) is 1. The van der Waals surface area contributed by atoms with Crippen LogP contribution in [0.4, 0.5) is 0 Å². The van der Waals surface area contributed by atoms with Gasteiger partial charge in [0.05, 0.1) is 12.2 Å². The van der Waals surface area contributed by atoms with Gasteiger partial charge in [0, 0.05) is 18.6 Å². The highest BCUT2D eigenvalue weighted by atomic mass is 16.5. The summed E-state index contributed by atoms with van der Waals surface area (Å²) < 4.78 is 5.73. The molecule has 1 saturated heterocycles. The van der Waals surface area contributed by atoms with Crippen LogP contribution in [0, 0.1) is 0 Å². The van der Waals surface area contributed by atoms with Gasteiger partial charge in [-0.3, -0.25) is 4.90 Å². The molecule has 14 heavy (non-hydrogen) atoms. The Hall–Kier alpha value is -0.600. The van der Waals surface area contributed by atoms with E-state index in [1.165, 1.54) is 0 Å². The molecule has 0 spiro atoms. The van der Waals surface area contributed by atoms with Crippen molar-refractivity contribution < 1.29 is 4.74 Å². The van der Waals surface area contributed by atoms with E-state index in [0.29, 0.717) is 0 Å². The highest BCUT2D eigenvalue weighted by Gasteiger charge is 2.30. The van der Waals surface area contributed by atoms with Gasteiger partial charge in [-0.2, -0.15) is 0 Å². The number of nitrogens with zero attached hydrogens (tertiary/aromatic N) is 1. The number of hydrogen-bond donors (Lipinski definition) is 0. The van der Waals surface area contributed by atoms with E-state index in [9.17, 15) is 0 Å². The average Bonchev–Trinajstić information content (AvgIpc) is 2.15. The monoisotopic (exact) mass is 195 g/mol. The van der Waals surface area contributed by atoms with E-state index >= 15 is 0 Å². The highest BCUT2D eigenvalue weighted by molar-refractivity contribution is 4.96. The van der Waals surface area contributed by atoms with E-state index in [1.807, 2.05) is 12.2 Å². The quantitative estimate of drug-likeness (QED) is 0.626. The molecule has 0 aliphatic carbocycles. The molecule has 0 aromatic rings. The molecular weight excluding hydrogens is 174 g/mol. The van der Waals surface area contributed by atoms with Crippen molar-refractivity contribution in [2.75, 3.05) is 13.1 Å². The zero-order valence-electron chi connectivity index (χ0n) is 9.49. The third-order valence-electron chi connectivity index (χ3n) is 2.62. The van der Waals surface area contributed by atoms with Crippen molar-refractivity contribution in [3.8, 4) is 0 Å². The van der Waals surface area contributed by atoms with Gasteiger partial charge in [0.25, 0.3) is 0 Å². The van der Waals surface area contributed by atoms with Gasteiger partial charge in [0.2, 0.25) is 0 Å². The molecule has 0 radical (unpaired) electrons.